The van der Waals surface area contributed by atoms with Crippen molar-refractivity contribution in [1.82, 2.24) is 10.2 Å². The molecule has 0 aliphatic heterocycles. The molecule has 0 atom stereocenters. The van der Waals surface area contributed by atoms with E-state index in [-0.39, 0.29) is 17.2 Å². The lowest BCUT2D eigenvalue weighted by Gasteiger charge is -2.20. The zero-order valence-corrected chi connectivity index (χ0v) is 11.0. The smallest absolute Gasteiger partial charge is 0.253 e. The van der Waals surface area contributed by atoms with E-state index >= 15 is 0 Å². The number of nitrogens with zero attached hydrogens (tertiary/aromatic N) is 1. The van der Waals surface area contributed by atoms with Gasteiger partial charge in [0.15, 0.2) is 0 Å². The largest absolute Gasteiger partial charge is 0.398 e. The third kappa shape index (κ3) is 4.00. The summed E-state index contributed by atoms with van der Waals surface area (Å²) >= 11 is 0. The third-order valence-electron chi connectivity index (χ3n) is 2.89. The maximum absolute atomic E-state index is 13.0. The van der Waals surface area contributed by atoms with Crippen LogP contribution in [-0.4, -0.2) is 37.0 Å². The van der Waals surface area contributed by atoms with Gasteiger partial charge in [-0.2, -0.15) is 0 Å². The van der Waals surface area contributed by atoms with Gasteiger partial charge in [0.05, 0.1) is 5.56 Å². The van der Waals surface area contributed by atoms with E-state index in [1.54, 1.807) is 0 Å². The van der Waals surface area contributed by atoms with E-state index in [2.05, 4.69) is 24.1 Å². The Bertz CT molecular complexity index is 421. The quantitative estimate of drug-likeness (QED) is 0.781. The van der Waals surface area contributed by atoms with Gasteiger partial charge in [0.25, 0.3) is 5.91 Å². The second kappa shape index (κ2) is 6.35. The predicted molar refractivity (Wildman–Crippen MR) is 70.9 cm³/mol. The highest BCUT2D eigenvalue weighted by Crippen LogP contribution is 2.12. The number of carbonyl (C=O) groups excluding carboxylic acids is 1. The third-order valence-corrected chi connectivity index (χ3v) is 2.89. The van der Waals surface area contributed by atoms with Crippen molar-refractivity contribution in [3.8, 4) is 0 Å². The zero-order valence-electron chi connectivity index (χ0n) is 11.0. The molecule has 3 N–H and O–H groups in total. The first-order valence-electron chi connectivity index (χ1n) is 5.95. The van der Waals surface area contributed by atoms with E-state index in [9.17, 15) is 9.18 Å². The molecule has 1 aromatic carbocycles. The summed E-state index contributed by atoms with van der Waals surface area (Å²) in [5.74, 6) is -0.808. The molecule has 4 nitrogen and oxygen atoms in total. The molecule has 0 saturated heterocycles. The Kier molecular flexibility index (Phi) is 5.09. The number of amides is 1. The highest BCUT2D eigenvalue weighted by molar-refractivity contribution is 5.99. The molecule has 0 aromatic heterocycles. The number of hydrogen-bond donors (Lipinski definition) is 2. The Hall–Kier alpha value is -1.62. The molecule has 0 aliphatic carbocycles. The standard InChI is InChI=1S/C13H20FN3O/c1-9(2)17(3)7-6-16-13(18)11-8-10(14)4-5-12(11)15/h4-5,8-9H,6-7,15H2,1-3H3,(H,16,18). The van der Waals surface area contributed by atoms with Crippen molar-refractivity contribution in [2.45, 2.75) is 19.9 Å². The van der Waals surface area contributed by atoms with Crippen LogP contribution in [-0.2, 0) is 0 Å². The summed E-state index contributed by atoms with van der Waals surface area (Å²) in [4.78, 5) is 13.9. The van der Waals surface area contributed by atoms with Crippen molar-refractivity contribution in [3.05, 3.63) is 29.6 Å². The van der Waals surface area contributed by atoms with Gasteiger partial charge in [-0.05, 0) is 39.1 Å². The van der Waals surface area contributed by atoms with E-state index in [1.807, 2.05) is 7.05 Å². The summed E-state index contributed by atoms with van der Waals surface area (Å²) in [5, 5.41) is 2.73. The Balaban J connectivity index is 2.53. The maximum Gasteiger partial charge on any atom is 0.253 e. The highest BCUT2D eigenvalue weighted by Gasteiger charge is 2.11. The number of nitrogens with one attached hydrogen (secondary N) is 1. The van der Waals surface area contributed by atoms with Crippen LogP contribution in [0.2, 0.25) is 0 Å². The topological polar surface area (TPSA) is 58.4 Å². The van der Waals surface area contributed by atoms with Crippen molar-refractivity contribution < 1.29 is 9.18 Å². The van der Waals surface area contributed by atoms with Crippen LogP contribution < -0.4 is 11.1 Å². The molecule has 0 bridgehead atoms. The maximum atomic E-state index is 13.0. The fourth-order valence-corrected chi connectivity index (χ4v) is 1.42. The van der Waals surface area contributed by atoms with Crippen LogP contribution in [0.1, 0.15) is 24.2 Å². The summed E-state index contributed by atoms with van der Waals surface area (Å²) < 4.78 is 13.0. The molecule has 18 heavy (non-hydrogen) atoms. The number of anilines is 1. The number of halogens is 1. The number of carbonyl (C=O) groups is 1. The van der Waals surface area contributed by atoms with E-state index in [4.69, 9.17) is 5.73 Å². The van der Waals surface area contributed by atoms with Gasteiger partial charge in [0, 0.05) is 24.8 Å². The van der Waals surface area contributed by atoms with Gasteiger partial charge in [-0.1, -0.05) is 0 Å². The number of hydrogen-bond acceptors (Lipinski definition) is 3. The van der Waals surface area contributed by atoms with Crippen molar-refractivity contribution in [2.75, 3.05) is 25.9 Å². The van der Waals surface area contributed by atoms with Gasteiger partial charge < -0.3 is 16.0 Å². The van der Waals surface area contributed by atoms with E-state index in [0.29, 0.717) is 12.6 Å². The molecule has 0 unspecified atom stereocenters. The Morgan fingerprint density at radius 2 is 2.17 bits per heavy atom. The molecule has 1 amide bonds. The minimum absolute atomic E-state index is 0.183. The molecular weight excluding hydrogens is 233 g/mol. The molecule has 5 heteroatoms. The average Bonchev–Trinajstić information content (AvgIpc) is 2.31. The molecule has 0 heterocycles. The molecule has 0 aliphatic rings. The molecular formula is C13H20FN3O. The van der Waals surface area contributed by atoms with E-state index < -0.39 is 5.82 Å². The summed E-state index contributed by atoms with van der Waals surface area (Å²) in [6, 6.07) is 4.20. The van der Waals surface area contributed by atoms with Gasteiger partial charge in [-0.25, -0.2) is 4.39 Å². The molecule has 1 aromatic rings. The summed E-state index contributed by atoms with van der Waals surface area (Å²) in [6.45, 7) is 5.39. The number of nitrogens with two attached hydrogens (primary N) is 1. The average molecular weight is 253 g/mol. The zero-order chi connectivity index (χ0) is 13.7. The molecule has 0 spiro atoms. The van der Waals surface area contributed by atoms with E-state index in [1.165, 1.54) is 12.1 Å². The second-order valence-corrected chi connectivity index (χ2v) is 4.56. The molecule has 100 valence electrons. The lowest BCUT2D eigenvalue weighted by molar-refractivity contribution is 0.0948. The minimum atomic E-state index is -0.464. The monoisotopic (exact) mass is 253 g/mol. The van der Waals surface area contributed by atoms with Crippen LogP contribution in [0, 0.1) is 5.82 Å². The van der Waals surface area contributed by atoms with Crippen LogP contribution in [0.4, 0.5) is 10.1 Å². The molecule has 0 fully saturated rings. The van der Waals surface area contributed by atoms with Crippen LogP contribution >= 0.6 is 0 Å². The van der Waals surface area contributed by atoms with Gasteiger partial charge in [-0.15, -0.1) is 0 Å². The fraction of sp³-hybridized carbons (Fsp3) is 0.462. The van der Waals surface area contributed by atoms with Crippen molar-refractivity contribution in [2.24, 2.45) is 0 Å². The number of nitrogen functional groups attached to an aromatic ring is 1. The normalized spacial score (nSPS) is 11.0. The van der Waals surface area contributed by atoms with Gasteiger partial charge in [0.1, 0.15) is 5.82 Å². The summed E-state index contributed by atoms with van der Waals surface area (Å²) in [6.07, 6.45) is 0. The minimum Gasteiger partial charge on any atom is -0.398 e. The second-order valence-electron chi connectivity index (χ2n) is 4.56. The first kappa shape index (κ1) is 14.4. The SMILES string of the molecule is CC(C)N(C)CCNC(=O)c1cc(F)ccc1N. The molecule has 1 rings (SSSR count). The van der Waals surface area contributed by atoms with Gasteiger partial charge in [-0.3, -0.25) is 4.79 Å². The predicted octanol–water partition coefficient (Wildman–Crippen LogP) is 1.48. The number of benzene rings is 1. The van der Waals surface area contributed by atoms with Crippen molar-refractivity contribution >= 4 is 11.6 Å². The van der Waals surface area contributed by atoms with Crippen molar-refractivity contribution in [1.29, 1.82) is 0 Å². The lowest BCUT2D eigenvalue weighted by atomic mass is 10.1. The highest BCUT2D eigenvalue weighted by atomic mass is 19.1. The Morgan fingerprint density at radius 3 is 2.78 bits per heavy atom. The first-order valence-corrected chi connectivity index (χ1v) is 5.95. The fourth-order valence-electron chi connectivity index (χ4n) is 1.42. The van der Waals surface area contributed by atoms with Crippen LogP contribution in [0.3, 0.4) is 0 Å². The van der Waals surface area contributed by atoms with Crippen LogP contribution in [0.25, 0.3) is 0 Å². The van der Waals surface area contributed by atoms with Gasteiger partial charge in [0.2, 0.25) is 0 Å². The van der Waals surface area contributed by atoms with Crippen LogP contribution in [0.5, 0.6) is 0 Å². The number of likely N-dealkylation sites (N-methyl/N-ethyl adjacent to an activating group) is 1. The number of rotatable bonds is 5. The van der Waals surface area contributed by atoms with Crippen LogP contribution in [0.15, 0.2) is 18.2 Å². The first-order chi connectivity index (χ1) is 8.41. The van der Waals surface area contributed by atoms with E-state index in [0.717, 1.165) is 12.6 Å². The summed E-state index contributed by atoms with van der Waals surface area (Å²) in [7, 11) is 1.98. The lowest BCUT2D eigenvalue weighted by Crippen LogP contribution is -2.36. The Morgan fingerprint density at radius 1 is 1.50 bits per heavy atom. The Labute approximate surface area is 107 Å². The van der Waals surface area contributed by atoms with Crippen molar-refractivity contribution in [3.63, 3.8) is 0 Å². The molecule has 0 saturated carbocycles. The molecule has 0 radical (unpaired) electrons. The summed E-state index contributed by atoms with van der Waals surface area (Å²) in [5.41, 5.74) is 6.10. The van der Waals surface area contributed by atoms with Gasteiger partial charge >= 0.3 is 0 Å².